The third kappa shape index (κ3) is 3.09. The highest BCUT2D eigenvalue weighted by Gasteiger charge is 2.27. The smallest absolute Gasteiger partial charge is 0.319 e. The van der Waals surface area contributed by atoms with E-state index in [1.54, 1.807) is 4.90 Å². The van der Waals surface area contributed by atoms with Crippen molar-refractivity contribution < 1.29 is 9.90 Å². The van der Waals surface area contributed by atoms with Gasteiger partial charge in [0, 0.05) is 32.8 Å². The van der Waals surface area contributed by atoms with Crippen molar-refractivity contribution in [3.05, 3.63) is 0 Å². The summed E-state index contributed by atoms with van der Waals surface area (Å²) in [5.41, 5.74) is 0. The molecule has 1 atom stereocenters. The number of aliphatic hydroxyl groups excluding tert-OH is 1. The number of urea groups is 1. The maximum absolute atomic E-state index is 12.0. The van der Waals surface area contributed by atoms with Crippen molar-refractivity contribution in [2.45, 2.75) is 38.6 Å². The van der Waals surface area contributed by atoms with E-state index in [0.29, 0.717) is 6.42 Å². The van der Waals surface area contributed by atoms with E-state index in [1.807, 2.05) is 18.9 Å². The van der Waals surface area contributed by atoms with Crippen LogP contribution in [0.1, 0.15) is 32.6 Å². The van der Waals surface area contributed by atoms with E-state index in [2.05, 4.69) is 0 Å². The SMILES string of the molecule is CCN(C)C(=O)N1CCCCC1CCO. The Morgan fingerprint density at radius 1 is 1.53 bits per heavy atom. The maximum Gasteiger partial charge on any atom is 0.319 e. The van der Waals surface area contributed by atoms with Gasteiger partial charge in [0.25, 0.3) is 0 Å². The fraction of sp³-hybridized carbons (Fsp3) is 0.909. The fourth-order valence-corrected chi connectivity index (χ4v) is 2.06. The number of aliphatic hydroxyl groups is 1. The maximum atomic E-state index is 12.0. The third-order valence-electron chi connectivity index (χ3n) is 3.14. The average Bonchev–Trinajstić information content (AvgIpc) is 2.28. The second-order valence-corrected chi connectivity index (χ2v) is 4.15. The van der Waals surface area contributed by atoms with Crippen molar-refractivity contribution in [3.8, 4) is 0 Å². The molecule has 1 N–H and O–H groups in total. The number of nitrogens with zero attached hydrogens (tertiary/aromatic N) is 2. The van der Waals surface area contributed by atoms with Crippen molar-refractivity contribution in [2.24, 2.45) is 0 Å². The third-order valence-corrected chi connectivity index (χ3v) is 3.14. The van der Waals surface area contributed by atoms with E-state index >= 15 is 0 Å². The molecule has 2 amide bonds. The zero-order valence-corrected chi connectivity index (χ0v) is 9.78. The monoisotopic (exact) mass is 214 g/mol. The van der Waals surface area contributed by atoms with Gasteiger partial charge >= 0.3 is 6.03 Å². The highest BCUT2D eigenvalue weighted by molar-refractivity contribution is 5.74. The molecule has 1 rings (SSSR count). The molecule has 1 unspecified atom stereocenters. The molecule has 1 aliphatic heterocycles. The van der Waals surface area contributed by atoms with Crippen LogP contribution in [0, 0.1) is 0 Å². The van der Waals surface area contributed by atoms with Crippen LogP contribution in [0.4, 0.5) is 4.79 Å². The Balaban J connectivity index is 2.58. The van der Waals surface area contributed by atoms with E-state index in [0.717, 1.165) is 25.9 Å². The minimum absolute atomic E-state index is 0.107. The summed E-state index contributed by atoms with van der Waals surface area (Å²) in [6, 6.07) is 0.348. The van der Waals surface area contributed by atoms with E-state index in [-0.39, 0.29) is 18.7 Å². The zero-order chi connectivity index (χ0) is 11.3. The largest absolute Gasteiger partial charge is 0.396 e. The second kappa shape index (κ2) is 5.95. The first kappa shape index (κ1) is 12.3. The van der Waals surface area contributed by atoms with Gasteiger partial charge in [-0.25, -0.2) is 4.79 Å². The number of amides is 2. The molecule has 0 aromatic rings. The van der Waals surface area contributed by atoms with Crippen molar-refractivity contribution in [3.63, 3.8) is 0 Å². The standard InChI is InChI=1S/C11H22N2O2/c1-3-12(2)11(15)13-8-5-4-6-10(13)7-9-14/h10,14H,3-9H2,1-2H3. The zero-order valence-electron chi connectivity index (χ0n) is 9.78. The first-order chi connectivity index (χ1) is 7.20. The van der Waals surface area contributed by atoms with Crippen LogP contribution in [0.3, 0.4) is 0 Å². The summed E-state index contributed by atoms with van der Waals surface area (Å²) in [6.07, 6.45) is 4.00. The number of likely N-dealkylation sites (tertiary alicyclic amines) is 1. The molecule has 0 saturated carbocycles. The summed E-state index contributed by atoms with van der Waals surface area (Å²) < 4.78 is 0. The number of hydrogen-bond donors (Lipinski definition) is 1. The summed E-state index contributed by atoms with van der Waals surface area (Å²) in [5.74, 6) is 0. The van der Waals surface area contributed by atoms with Crippen LogP contribution in [-0.2, 0) is 0 Å². The molecule has 15 heavy (non-hydrogen) atoms. The van der Waals surface area contributed by atoms with E-state index in [4.69, 9.17) is 5.11 Å². The minimum atomic E-state index is 0.107. The second-order valence-electron chi connectivity index (χ2n) is 4.15. The Morgan fingerprint density at radius 2 is 2.27 bits per heavy atom. The van der Waals surface area contributed by atoms with Gasteiger partial charge in [0.2, 0.25) is 0 Å². The molecule has 0 radical (unpaired) electrons. The Morgan fingerprint density at radius 3 is 2.87 bits per heavy atom. The molecule has 1 fully saturated rings. The minimum Gasteiger partial charge on any atom is -0.396 e. The first-order valence-corrected chi connectivity index (χ1v) is 5.83. The van der Waals surface area contributed by atoms with Crippen molar-refractivity contribution in [1.29, 1.82) is 0 Å². The highest BCUT2D eigenvalue weighted by Crippen LogP contribution is 2.20. The molecule has 0 aromatic heterocycles. The highest BCUT2D eigenvalue weighted by atomic mass is 16.3. The van der Waals surface area contributed by atoms with Crippen LogP contribution in [0.2, 0.25) is 0 Å². The summed E-state index contributed by atoms with van der Waals surface area (Å²) in [4.78, 5) is 15.6. The van der Waals surface area contributed by atoms with Crippen LogP contribution in [0.5, 0.6) is 0 Å². The van der Waals surface area contributed by atoms with Gasteiger partial charge in [-0.1, -0.05) is 0 Å². The number of carbonyl (C=O) groups is 1. The molecule has 1 saturated heterocycles. The van der Waals surface area contributed by atoms with Crippen LogP contribution in [0.15, 0.2) is 0 Å². The Kier molecular flexibility index (Phi) is 4.88. The predicted octanol–water partition coefficient (Wildman–Crippen LogP) is 1.29. The molecule has 0 spiro atoms. The number of hydrogen-bond acceptors (Lipinski definition) is 2. The molecule has 4 nitrogen and oxygen atoms in total. The van der Waals surface area contributed by atoms with Gasteiger partial charge in [0.1, 0.15) is 0 Å². The van der Waals surface area contributed by atoms with Gasteiger partial charge in [-0.05, 0) is 32.6 Å². The van der Waals surface area contributed by atoms with E-state index in [1.165, 1.54) is 6.42 Å². The lowest BCUT2D eigenvalue weighted by Crippen LogP contribution is -2.49. The van der Waals surface area contributed by atoms with Gasteiger partial charge < -0.3 is 14.9 Å². The molecule has 0 aliphatic carbocycles. The van der Waals surface area contributed by atoms with E-state index in [9.17, 15) is 4.79 Å². The van der Waals surface area contributed by atoms with Crippen LogP contribution >= 0.6 is 0 Å². The summed E-state index contributed by atoms with van der Waals surface area (Å²) in [7, 11) is 1.83. The van der Waals surface area contributed by atoms with Gasteiger partial charge in [-0.3, -0.25) is 0 Å². The molecule has 1 aliphatic rings. The van der Waals surface area contributed by atoms with E-state index < -0.39 is 0 Å². The molecular formula is C11H22N2O2. The van der Waals surface area contributed by atoms with Crippen LogP contribution in [0.25, 0.3) is 0 Å². The van der Waals surface area contributed by atoms with Crippen molar-refractivity contribution in [2.75, 3.05) is 26.7 Å². The lowest BCUT2D eigenvalue weighted by atomic mass is 10.00. The molecule has 4 heteroatoms. The van der Waals surface area contributed by atoms with Gasteiger partial charge in [-0.15, -0.1) is 0 Å². The van der Waals surface area contributed by atoms with Gasteiger partial charge in [0.05, 0.1) is 0 Å². The first-order valence-electron chi connectivity index (χ1n) is 5.83. The molecule has 88 valence electrons. The Hall–Kier alpha value is -0.770. The lowest BCUT2D eigenvalue weighted by molar-refractivity contribution is 0.110. The summed E-state index contributed by atoms with van der Waals surface area (Å²) in [6.45, 7) is 3.72. The summed E-state index contributed by atoms with van der Waals surface area (Å²) in [5, 5.41) is 8.96. The molecule has 0 bridgehead atoms. The Labute approximate surface area is 91.9 Å². The number of piperidine rings is 1. The van der Waals surface area contributed by atoms with Crippen LogP contribution in [-0.4, -0.2) is 53.7 Å². The number of rotatable bonds is 3. The molecular weight excluding hydrogens is 192 g/mol. The van der Waals surface area contributed by atoms with Crippen molar-refractivity contribution in [1.82, 2.24) is 9.80 Å². The molecule has 1 heterocycles. The van der Waals surface area contributed by atoms with Crippen LogP contribution < -0.4 is 0 Å². The predicted molar refractivity (Wildman–Crippen MR) is 59.7 cm³/mol. The van der Waals surface area contributed by atoms with Crippen molar-refractivity contribution >= 4 is 6.03 Å². The number of carbonyl (C=O) groups excluding carboxylic acids is 1. The van der Waals surface area contributed by atoms with Gasteiger partial charge in [0.15, 0.2) is 0 Å². The van der Waals surface area contributed by atoms with Gasteiger partial charge in [-0.2, -0.15) is 0 Å². The molecule has 0 aromatic carbocycles. The topological polar surface area (TPSA) is 43.8 Å². The summed E-state index contributed by atoms with van der Waals surface area (Å²) >= 11 is 0. The fourth-order valence-electron chi connectivity index (χ4n) is 2.06. The Bertz CT molecular complexity index is 207. The quantitative estimate of drug-likeness (QED) is 0.769. The lowest BCUT2D eigenvalue weighted by Gasteiger charge is -2.37. The normalized spacial score (nSPS) is 21.5. The average molecular weight is 214 g/mol.